The minimum atomic E-state index is 0.429. The monoisotopic (exact) mass is 208 g/mol. The molecule has 0 spiro atoms. The fourth-order valence-electron chi connectivity index (χ4n) is 1.10. The van der Waals surface area contributed by atoms with Gasteiger partial charge in [-0.3, -0.25) is 4.68 Å². The third kappa shape index (κ3) is 2.06. The average molecular weight is 208 g/mol. The van der Waals surface area contributed by atoms with Gasteiger partial charge in [0.1, 0.15) is 6.54 Å². The molecule has 0 aromatic carbocycles. The van der Waals surface area contributed by atoms with E-state index in [0.29, 0.717) is 24.1 Å². The molecule has 0 saturated carbocycles. The Balaban J connectivity index is 2.11. The second kappa shape index (κ2) is 3.60. The Kier molecular flexibility index (Phi) is 2.28. The number of nitrogens with zero attached hydrogens (tertiary/aromatic N) is 5. The van der Waals surface area contributed by atoms with E-state index < -0.39 is 0 Å². The second-order valence-corrected chi connectivity index (χ2v) is 3.35. The van der Waals surface area contributed by atoms with Crippen LogP contribution in [0.2, 0.25) is 0 Å². The number of hydrogen-bond donors (Lipinski definition) is 1. The molecule has 0 aliphatic carbocycles. The fraction of sp³-hybridized carbons (Fsp3) is 0.375. The first-order chi connectivity index (χ1) is 7.15. The standard InChI is InChI=1S/C8H12N6O/c1-13(2)8-11-7(15-12-8)5-14-4-6(9)3-10-14/h3-4H,5,9H2,1-2H3. The van der Waals surface area contributed by atoms with E-state index >= 15 is 0 Å². The molecule has 7 heteroatoms. The van der Waals surface area contributed by atoms with Crippen molar-refractivity contribution in [2.75, 3.05) is 24.7 Å². The van der Waals surface area contributed by atoms with Gasteiger partial charge in [-0.05, 0) is 5.16 Å². The lowest BCUT2D eigenvalue weighted by molar-refractivity contribution is 0.365. The maximum absolute atomic E-state index is 5.53. The van der Waals surface area contributed by atoms with Gasteiger partial charge in [0.05, 0.1) is 11.9 Å². The van der Waals surface area contributed by atoms with Crippen LogP contribution < -0.4 is 10.6 Å². The van der Waals surface area contributed by atoms with Crippen molar-refractivity contribution in [2.24, 2.45) is 0 Å². The van der Waals surface area contributed by atoms with Crippen molar-refractivity contribution in [3.63, 3.8) is 0 Å². The van der Waals surface area contributed by atoms with Crippen LogP contribution in [0.4, 0.5) is 11.6 Å². The molecule has 2 aromatic rings. The first kappa shape index (κ1) is 9.50. The van der Waals surface area contributed by atoms with Crippen LogP contribution in [0.3, 0.4) is 0 Å². The minimum absolute atomic E-state index is 0.429. The first-order valence-electron chi connectivity index (χ1n) is 4.43. The first-order valence-corrected chi connectivity index (χ1v) is 4.43. The van der Waals surface area contributed by atoms with Crippen molar-refractivity contribution in [2.45, 2.75) is 6.54 Å². The molecule has 2 aromatic heterocycles. The molecule has 2 N–H and O–H groups in total. The lowest BCUT2D eigenvalue weighted by Crippen LogP contribution is -2.10. The van der Waals surface area contributed by atoms with Crippen molar-refractivity contribution < 1.29 is 4.52 Å². The van der Waals surface area contributed by atoms with Crippen LogP contribution >= 0.6 is 0 Å². The molecule has 7 nitrogen and oxygen atoms in total. The summed E-state index contributed by atoms with van der Waals surface area (Å²) in [5, 5.41) is 7.80. The van der Waals surface area contributed by atoms with Crippen molar-refractivity contribution >= 4 is 11.6 Å². The molecule has 0 radical (unpaired) electrons. The van der Waals surface area contributed by atoms with Gasteiger partial charge in [0.2, 0.25) is 5.89 Å². The zero-order chi connectivity index (χ0) is 10.8. The van der Waals surface area contributed by atoms with Gasteiger partial charge in [-0.1, -0.05) is 0 Å². The molecule has 0 saturated heterocycles. The highest BCUT2D eigenvalue weighted by Crippen LogP contribution is 2.07. The number of hydrogen-bond acceptors (Lipinski definition) is 6. The summed E-state index contributed by atoms with van der Waals surface area (Å²) in [4.78, 5) is 5.93. The second-order valence-electron chi connectivity index (χ2n) is 3.35. The molecule has 2 rings (SSSR count). The van der Waals surface area contributed by atoms with E-state index in [0.717, 1.165) is 0 Å². The summed E-state index contributed by atoms with van der Waals surface area (Å²) < 4.78 is 6.68. The number of anilines is 2. The zero-order valence-corrected chi connectivity index (χ0v) is 8.58. The molecular weight excluding hydrogens is 196 g/mol. The average Bonchev–Trinajstić information content (AvgIpc) is 2.76. The Morgan fingerprint density at radius 1 is 1.53 bits per heavy atom. The normalized spacial score (nSPS) is 10.5. The summed E-state index contributed by atoms with van der Waals surface area (Å²) in [6, 6.07) is 0. The molecule has 15 heavy (non-hydrogen) atoms. The van der Waals surface area contributed by atoms with E-state index in [9.17, 15) is 0 Å². The highest BCUT2D eigenvalue weighted by molar-refractivity contribution is 5.30. The molecule has 0 fully saturated rings. The summed E-state index contributed by atoms with van der Waals surface area (Å²) in [5.74, 6) is 1.05. The van der Waals surface area contributed by atoms with Crippen molar-refractivity contribution in [3.8, 4) is 0 Å². The van der Waals surface area contributed by atoms with E-state index in [4.69, 9.17) is 10.3 Å². The van der Waals surface area contributed by atoms with Crippen LogP contribution in [0.1, 0.15) is 5.89 Å². The Morgan fingerprint density at radius 3 is 2.87 bits per heavy atom. The molecule has 0 bridgehead atoms. The summed E-state index contributed by atoms with van der Waals surface area (Å²) in [6.45, 7) is 0.429. The summed E-state index contributed by atoms with van der Waals surface area (Å²) in [5.41, 5.74) is 6.14. The predicted octanol–water partition coefficient (Wildman–Crippen LogP) is -0.0374. The van der Waals surface area contributed by atoms with E-state index in [1.165, 1.54) is 0 Å². The topological polar surface area (TPSA) is 86.0 Å². The smallest absolute Gasteiger partial charge is 0.265 e. The lowest BCUT2D eigenvalue weighted by atomic mass is 10.6. The fourth-order valence-corrected chi connectivity index (χ4v) is 1.10. The molecule has 2 heterocycles. The van der Waals surface area contributed by atoms with Gasteiger partial charge in [0.25, 0.3) is 5.95 Å². The van der Waals surface area contributed by atoms with Crippen molar-refractivity contribution in [1.82, 2.24) is 19.9 Å². The molecule has 0 unspecified atom stereocenters. The van der Waals surface area contributed by atoms with Crippen LogP contribution in [0, 0.1) is 0 Å². The summed E-state index contributed by atoms with van der Waals surface area (Å²) in [7, 11) is 3.70. The zero-order valence-electron chi connectivity index (χ0n) is 8.58. The third-order valence-corrected chi connectivity index (χ3v) is 1.81. The van der Waals surface area contributed by atoms with Gasteiger partial charge in [0, 0.05) is 20.3 Å². The Morgan fingerprint density at radius 2 is 2.33 bits per heavy atom. The maximum Gasteiger partial charge on any atom is 0.265 e. The van der Waals surface area contributed by atoms with Crippen LogP contribution in [-0.2, 0) is 6.54 Å². The quantitative estimate of drug-likeness (QED) is 0.761. The van der Waals surface area contributed by atoms with Crippen molar-refractivity contribution in [3.05, 3.63) is 18.3 Å². The SMILES string of the molecule is CN(C)c1noc(Cn2cc(N)cn2)n1. The number of nitrogens with two attached hydrogens (primary N) is 1. The van der Waals surface area contributed by atoms with Crippen LogP contribution in [-0.4, -0.2) is 34.0 Å². The Bertz CT molecular complexity index is 445. The van der Waals surface area contributed by atoms with Gasteiger partial charge in [-0.15, -0.1) is 0 Å². The minimum Gasteiger partial charge on any atom is -0.396 e. The molecule has 0 aliphatic heterocycles. The summed E-state index contributed by atoms with van der Waals surface area (Å²) >= 11 is 0. The molecular formula is C8H12N6O. The van der Waals surface area contributed by atoms with E-state index in [1.807, 2.05) is 14.1 Å². The highest BCUT2D eigenvalue weighted by Gasteiger charge is 2.08. The summed E-state index contributed by atoms with van der Waals surface area (Å²) in [6.07, 6.45) is 3.28. The van der Waals surface area contributed by atoms with Crippen LogP contribution in [0.25, 0.3) is 0 Å². The predicted molar refractivity (Wildman–Crippen MR) is 54.4 cm³/mol. The number of aromatic nitrogens is 4. The molecule has 80 valence electrons. The molecule has 0 aliphatic rings. The number of rotatable bonds is 3. The maximum atomic E-state index is 5.53. The van der Waals surface area contributed by atoms with E-state index in [1.54, 1.807) is 22.0 Å². The van der Waals surface area contributed by atoms with E-state index in [-0.39, 0.29) is 0 Å². The van der Waals surface area contributed by atoms with Gasteiger partial charge >= 0.3 is 0 Å². The van der Waals surface area contributed by atoms with Gasteiger partial charge in [0.15, 0.2) is 0 Å². The number of nitrogen functional groups attached to an aromatic ring is 1. The largest absolute Gasteiger partial charge is 0.396 e. The third-order valence-electron chi connectivity index (χ3n) is 1.81. The van der Waals surface area contributed by atoms with Gasteiger partial charge in [-0.2, -0.15) is 10.1 Å². The van der Waals surface area contributed by atoms with Crippen LogP contribution in [0.5, 0.6) is 0 Å². The van der Waals surface area contributed by atoms with Gasteiger partial charge < -0.3 is 15.2 Å². The van der Waals surface area contributed by atoms with Crippen LogP contribution in [0.15, 0.2) is 16.9 Å². The molecule has 0 amide bonds. The Labute approximate surface area is 86.5 Å². The van der Waals surface area contributed by atoms with Crippen molar-refractivity contribution in [1.29, 1.82) is 0 Å². The molecule has 0 atom stereocenters. The van der Waals surface area contributed by atoms with E-state index in [2.05, 4.69) is 15.2 Å². The lowest BCUT2D eigenvalue weighted by Gasteiger charge is -2.02. The van der Waals surface area contributed by atoms with Gasteiger partial charge in [-0.25, -0.2) is 0 Å². The Hall–Kier alpha value is -2.05. The highest BCUT2D eigenvalue weighted by atomic mass is 16.5.